The lowest BCUT2D eigenvalue weighted by molar-refractivity contribution is 0.135. The first kappa shape index (κ1) is 20.1. The van der Waals surface area contributed by atoms with Gasteiger partial charge in [0.15, 0.2) is 0 Å². The molecule has 0 saturated carbocycles. The zero-order chi connectivity index (χ0) is 17.7. The van der Waals surface area contributed by atoms with Gasteiger partial charge >= 0.3 is 6.03 Å². The second kappa shape index (κ2) is 12.2. The number of likely N-dealkylation sites (N-methyl/N-ethyl adjacent to an activating group) is 1. The Labute approximate surface area is 156 Å². The third kappa shape index (κ3) is 8.61. The number of rotatable bonds is 10. The third-order valence-corrected chi connectivity index (χ3v) is 5.51. The molecule has 0 bridgehead atoms. The molecule has 0 unspecified atom stereocenters. The molecule has 140 valence electrons. The van der Waals surface area contributed by atoms with E-state index in [0.717, 1.165) is 38.2 Å². The highest BCUT2D eigenvalue weighted by atomic mass is 32.2. The number of carbonyl (C=O) groups is 1. The number of nitrogens with one attached hydrogen (secondary N) is 2. The Hall–Kier alpha value is -1.24. The van der Waals surface area contributed by atoms with Crippen LogP contribution in [0.5, 0.6) is 0 Å². The lowest BCUT2D eigenvalue weighted by Crippen LogP contribution is -2.46. The summed E-state index contributed by atoms with van der Waals surface area (Å²) in [6, 6.07) is 10.2. The molecule has 1 aromatic rings. The first-order valence-electron chi connectivity index (χ1n) is 9.42. The molecule has 0 aliphatic carbocycles. The second-order valence-electron chi connectivity index (χ2n) is 6.33. The van der Waals surface area contributed by atoms with E-state index in [2.05, 4.69) is 39.5 Å². The maximum atomic E-state index is 11.7. The monoisotopic (exact) mass is 364 g/mol. The first-order chi connectivity index (χ1) is 12.3. The highest BCUT2D eigenvalue weighted by molar-refractivity contribution is 7.99. The SMILES string of the molecule is CCN1CCN(CCCCNC(=O)NCCSc2ccccc2)CC1. The van der Waals surface area contributed by atoms with E-state index < -0.39 is 0 Å². The molecule has 2 amide bonds. The summed E-state index contributed by atoms with van der Waals surface area (Å²) < 4.78 is 0. The standard InChI is InChI=1S/C19H32N4OS/c1-2-22-13-15-23(16-14-22)12-7-6-10-20-19(24)21-11-17-25-18-8-4-3-5-9-18/h3-5,8-9H,2,6-7,10-17H2,1H3,(H2,20,21,24). The van der Waals surface area contributed by atoms with Crippen molar-refractivity contribution in [3.05, 3.63) is 30.3 Å². The smallest absolute Gasteiger partial charge is 0.314 e. The van der Waals surface area contributed by atoms with Crippen LogP contribution in [0, 0.1) is 0 Å². The maximum absolute atomic E-state index is 11.7. The van der Waals surface area contributed by atoms with Gasteiger partial charge in [-0.25, -0.2) is 4.79 Å². The minimum absolute atomic E-state index is 0.0507. The van der Waals surface area contributed by atoms with Gasteiger partial charge in [-0.3, -0.25) is 0 Å². The van der Waals surface area contributed by atoms with Gasteiger partial charge in [0.25, 0.3) is 0 Å². The molecule has 1 fully saturated rings. The van der Waals surface area contributed by atoms with Crippen molar-refractivity contribution < 1.29 is 4.79 Å². The number of piperazine rings is 1. The number of urea groups is 1. The van der Waals surface area contributed by atoms with Crippen LogP contribution in [0.2, 0.25) is 0 Å². The first-order valence-corrected chi connectivity index (χ1v) is 10.4. The lowest BCUT2D eigenvalue weighted by Gasteiger charge is -2.33. The molecule has 1 saturated heterocycles. The molecule has 5 nitrogen and oxygen atoms in total. The largest absolute Gasteiger partial charge is 0.338 e. The van der Waals surface area contributed by atoms with Crippen LogP contribution in [0.25, 0.3) is 0 Å². The van der Waals surface area contributed by atoms with E-state index in [1.165, 1.54) is 31.1 Å². The van der Waals surface area contributed by atoms with Gasteiger partial charge in [-0.05, 0) is 38.1 Å². The summed E-state index contributed by atoms with van der Waals surface area (Å²) in [6.45, 7) is 10.7. The van der Waals surface area contributed by atoms with Crippen molar-refractivity contribution in [1.82, 2.24) is 20.4 Å². The van der Waals surface area contributed by atoms with Crippen molar-refractivity contribution >= 4 is 17.8 Å². The van der Waals surface area contributed by atoms with Crippen molar-refractivity contribution in [3.63, 3.8) is 0 Å². The topological polar surface area (TPSA) is 47.6 Å². The Morgan fingerprint density at radius 2 is 1.68 bits per heavy atom. The summed E-state index contributed by atoms with van der Waals surface area (Å²) in [4.78, 5) is 18.0. The number of carbonyl (C=O) groups excluding carboxylic acids is 1. The summed E-state index contributed by atoms with van der Waals surface area (Å²) in [6.07, 6.45) is 2.19. The third-order valence-electron chi connectivity index (χ3n) is 4.50. The van der Waals surface area contributed by atoms with E-state index in [1.807, 2.05) is 18.2 Å². The summed E-state index contributed by atoms with van der Waals surface area (Å²) >= 11 is 1.76. The van der Waals surface area contributed by atoms with Crippen molar-refractivity contribution in [2.45, 2.75) is 24.7 Å². The Morgan fingerprint density at radius 1 is 1.00 bits per heavy atom. The van der Waals surface area contributed by atoms with E-state index in [9.17, 15) is 4.79 Å². The van der Waals surface area contributed by atoms with E-state index in [4.69, 9.17) is 0 Å². The Kier molecular flexibility index (Phi) is 9.77. The molecule has 0 atom stereocenters. The highest BCUT2D eigenvalue weighted by Crippen LogP contribution is 2.15. The number of thioether (sulfide) groups is 1. The molecule has 0 radical (unpaired) electrons. The molecule has 25 heavy (non-hydrogen) atoms. The average molecular weight is 365 g/mol. The molecule has 1 aromatic carbocycles. The van der Waals surface area contributed by atoms with Crippen LogP contribution in [-0.2, 0) is 0 Å². The van der Waals surface area contributed by atoms with Gasteiger partial charge in [-0.1, -0.05) is 25.1 Å². The summed E-state index contributed by atoms with van der Waals surface area (Å²) in [5.74, 6) is 0.890. The number of benzene rings is 1. The predicted molar refractivity (Wildman–Crippen MR) is 106 cm³/mol. The Bertz CT molecular complexity index is 478. The zero-order valence-corrected chi connectivity index (χ0v) is 16.2. The lowest BCUT2D eigenvalue weighted by atomic mass is 10.2. The summed E-state index contributed by atoms with van der Waals surface area (Å²) in [5, 5.41) is 5.87. The van der Waals surface area contributed by atoms with E-state index in [0.29, 0.717) is 6.54 Å². The quantitative estimate of drug-likeness (QED) is 0.495. The second-order valence-corrected chi connectivity index (χ2v) is 7.50. The van der Waals surface area contributed by atoms with Crippen molar-refractivity contribution in [2.24, 2.45) is 0 Å². The number of unbranched alkanes of at least 4 members (excludes halogenated alkanes) is 1. The maximum Gasteiger partial charge on any atom is 0.314 e. The van der Waals surface area contributed by atoms with Gasteiger partial charge in [0, 0.05) is 49.9 Å². The summed E-state index contributed by atoms with van der Waals surface area (Å²) in [5.41, 5.74) is 0. The molecule has 6 heteroatoms. The number of nitrogens with zero attached hydrogens (tertiary/aromatic N) is 2. The van der Waals surface area contributed by atoms with Crippen molar-refractivity contribution in [3.8, 4) is 0 Å². The Balaban J connectivity index is 1.41. The van der Waals surface area contributed by atoms with Crippen LogP contribution in [0.3, 0.4) is 0 Å². The van der Waals surface area contributed by atoms with Gasteiger partial charge < -0.3 is 20.4 Å². The van der Waals surface area contributed by atoms with Gasteiger partial charge in [-0.15, -0.1) is 11.8 Å². The van der Waals surface area contributed by atoms with Crippen molar-refractivity contribution in [1.29, 1.82) is 0 Å². The highest BCUT2D eigenvalue weighted by Gasteiger charge is 2.14. The fourth-order valence-corrected chi connectivity index (χ4v) is 3.69. The van der Waals surface area contributed by atoms with Crippen molar-refractivity contribution in [2.75, 3.05) is 58.1 Å². The van der Waals surface area contributed by atoms with Crippen LogP contribution in [0.15, 0.2) is 35.2 Å². The molecule has 2 rings (SSSR count). The fourth-order valence-electron chi connectivity index (χ4n) is 2.90. The molecule has 2 N–H and O–H groups in total. The zero-order valence-electron chi connectivity index (χ0n) is 15.4. The predicted octanol–water partition coefficient (Wildman–Crippen LogP) is 2.50. The minimum Gasteiger partial charge on any atom is -0.338 e. The van der Waals surface area contributed by atoms with Crippen LogP contribution in [-0.4, -0.2) is 73.9 Å². The van der Waals surface area contributed by atoms with Crippen LogP contribution in [0.1, 0.15) is 19.8 Å². The number of amides is 2. The molecule has 0 spiro atoms. The fraction of sp³-hybridized carbons (Fsp3) is 0.632. The van der Waals surface area contributed by atoms with Gasteiger partial charge in [-0.2, -0.15) is 0 Å². The molecule has 1 aliphatic rings. The minimum atomic E-state index is -0.0507. The molecule has 1 heterocycles. The molecular weight excluding hydrogens is 332 g/mol. The Morgan fingerprint density at radius 3 is 2.40 bits per heavy atom. The summed E-state index contributed by atoms with van der Waals surface area (Å²) in [7, 11) is 0. The van der Waals surface area contributed by atoms with Gasteiger partial charge in [0.2, 0.25) is 0 Å². The van der Waals surface area contributed by atoms with E-state index >= 15 is 0 Å². The number of hydrogen-bond donors (Lipinski definition) is 2. The molecular formula is C19H32N4OS. The van der Waals surface area contributed by atoms with Gasteiger partial charge in [0.05, 0.1) is 0 Å². The number of hydrogen-bond acceptors (Lipinski definition) is 4. The van der Waals surface area contributed by atoms with E-state index in [1.54, 1.807) is 11.8 Å². The van der Waals surface area contributed by atoms with Crippen LogP contribution < -0.4 is 10.6 Å². The normalized spacial score (nSPS) is 15.9. The van der Waals surface area contributed by atoms with Crippen LogP contribution >= 0.6 is 11.8 Å². The van der Waals surface area contributed by atoms with Crippen LogP contribution in [0.4, 0.5) is 4.79 Å². The van der Waals surface area contributed by atoms with E-state index in [-0.39, 0.29) is 6.03 Å². The molecule has 0 aromatic heterocycles. The molecule has 1 aliphatic heterocycles. The average Bonchev–Trinajstić information content (AvgIpc) is 2.66. The van der Waals surface area contributed by atoms with Gasteiger partial charge in [0.1, 0.15) is 0 Å².